The van der Waals surface area contributed by atoms with E-state index in [9.17, 15) is 8.42 Å². The minimum Gasteiger partial charge on any atom is -0.384 e. The number of sulfonamides is 1. The highest BCUT2D eigenvalue weighted by Gasteiger charge is 2.22. The number of rotatable bonds is 5. The lowest BCUT2D eigenvalue weighted by molar-refractivity contribution is 0.435. The number of hydrogen-bond acceptors (Lipinski definition) is 5. The van der Waals surface area contributed by atoms with Crippen LogP contribution >= 0.6 is 0 Å². The van der Waals surface area contributed by atoms with Crippen molar-refractivity contribution < 1.29 is 8.42 Å². The van der Waals surface area contributed by atoms with Crippen molar-refractivity contribution in [1.82, 2.24) is 9.29 Å². The van der Waals surface area contributed by atoms with E-state index in [0.717, 1.165) is 0 Å². The van der Waals surface area contributed by atoms with Gasteiger partial charge in [-0.1, -0.05) is 6.92 Å². The van der Waals surface area contributed by atoms with Gasteiger partial charge < -0.3 is 5.73 Å². The van der Waals surface area contributed by atoms with Crippen LogP contribution in [0.5, 0.6) is 0 Å². The van der Waals surface area contributed by atoms with E-state index in [1.54, 1.807) is 6.92 Å². The average Bonchev–Trinajstić information content (AvgIpc) is 2.30. The van der Waals surface area contributed by atoms with Gasteiger partial charge in [-0.25, -0.2) is 13.4 Å². The molecular formula is C10H14N4O2S. The summed E-state index contributed by atoms with van der Waals surface area (Å²) in [5.74, 6) is 0.268. The Hall–Kier alpha value is -1.65. The Morgan fingerprint density at radius 2 is 2.24 bits per heavy atom. The van der Waals surface area contributed by atoms with Gasteiger partial charge in [0.2, 0.25) is 10.0 Å². The fourth-order valence-electron chi connectivity index (χ4n) is 1.32. The summed E-state index contributed by atoms with van der Waals surface area (Å²) >= 11 is 0. The lowest BCUT2D eigenvalue weighted by Crippen LogP contribution is -2.31. The zero-order valence-corrected chi connectivity index (χ0v) is 10.3. The highest BCUT2D eigenvalue weighted by Crippen LogP contribution is 2.15. The SMILES string of the molecule is CCN(CCC#N)S(=O)(=O)c1ccc(N)nc1. The molecule has 0 amide bonds. The fraction of sp³-hybridized carbons (Fsp3) is 0.400. The molecule has 1 heterocycles. The van der Waals surface area contributed by atoms with Crippen LogP contribution in [-0.4, -0.2) is 30.8 Å². The van der Waals surface area contributed by atoms with Crippen molar-refractivity contribution in [3.05, 3.63) is 18.3 Å². The molecule has 0 fully saturated rings. The van der Waals surface area contributed by atoms with Crippen molar-refractivity contribution in [3.8, 4) is 6.07 Å². The normalized spacial score (nSPS) is 11.4. The quantitative estimate of drug-likeness (QED) is 0.828. The van der Waals surface area contributed by atoms with Gasteiger partial charge in [-0.05, 0) is 12.1 Å². The summed E-state index contributed by atoms with van der Waals surface area (Å²) in [6.07, 6.45) is 1.38. The van der Waals surface area contributed by atoms with E-state index in [1.165, 1.54) is 22.6 Å². The minimum atomic E-state index is -3.58. The second-order valence-corrected chi connectivity index (χ2v) is 5.26. The maximum absolute atomic E-state index is 12.1. The molecule has 92 valence electrons. The summed E-state index contributed by atoms with van der Waals surface area (Å²) in [5, 5.41) is 8.48. The van der Waals surface area contributed by atoms with Crippen LogP contribution in [0.4, 0.5) is 5.82 Å². The highest BCUT2D eigenvalue weighted by molar-refractivity contribution is 7.89. The Morgan fingerprint density at radius 1 is 1.53 bits per heavy atom. The maximum Gasteiger partial charge on any atom is 0.244 e. The van der Waals surface area contributed by atoms with Crippen molar-refractivity contribution in [1.29, 1.82) is 5.26 Å². The lowest BCUT2D eigenvalue weighted by atomic mass is 10.5. The number of hydrogen-bond donors (Lipinski definition) is 1. The number of nitriles is 1. The van der Waals surface area contributed by atoms with E-state index in [1.807, 2.05) is 6.07 Å². The van der Waals surface area contributed by atoms with Crippen LogP contribution < -0.4 is 5.73 Å². The van der Waals surface area contributed by atoms with E-state index in [4.69, 9.17) is 11.0 Å². The van der Waals surface area contributed by atoms with Gasteiger partial charge >= 0.3 is 0 Å². The van der Waals surface area contributed by atoms with Crippen molar-refractivity contribution in [2.45, 2.75) is 18.2 Å². The fourth-order valence-corrected chi connectivity index (χ4v) is 2.71. The summed E-state index contributed by atoms with van der Waals surface area (Å²) < 4.78 is 25.5. The molecule has 1 aromatic heterocycles. The molecule has 2 N–H and O–H groups in total. The molecule has 7 heteroatoms. The van der Waals surface area contributed by atoms with Crippen LogP contribution in [-0.2, 0) is 10.0 Å². The molecule has 0 radical (unpaired) electrons. The van der Waals surface area contributed by atoms with E-state index in [-0.39, 0.29) is 23.7 Å². The largest absolute Gasteiger partial charge is 0.384 e. The monoisotopic (exact) mass is 254 g/mol. The van der Waals surface area contributed by atoms with Gasteiger partial charge in [0.1, 0.15) is 10.7 Å². The molecule has 0 atom stereocenters. The zero-order valence-electron chi connectivity index (χ0n) is 9.50. The first-order valence-corrected chi connectivity index (χ1v) is 6.55. The second kappa shape index (κ2) is 5.61. The lowest BCUT2D eigenvalue weighted by Gasteiger charge is -2.18. The molecule has 1 aromatic rings. The molecular weight excluding hydrogens is 240 g/mol. The molecule has 0 aliphatic carbocycles. The van der Waals surface area contributed by atoms with E-state index in [0.29, 0.717) is 6.54 Å². The average molecular weight is 254 g/mol. The van der Waals surface area contributed by atoms with Gasteiger partial charge in [0, 0.05) is 25.7 Å². The first-order valence-electron chi connectivity index (χ1n) is 5.11. The van der Waals surface area contributed by atoms with Gasteiger partial charge in [-0.15, -0.1) is 0 Å². The minimum absolute atomic E-state index is 0.0893. The number of aromatic nitrogens is 1. The second-order valence-electron chi connectivity index (χ2n) is 3.32. The van der Waals surface area contributed by atoms with Crippen LogP contribution in [0.1, 0.15) is 13.3 Å². The first-order chi connectivity index (χ1) is 8.02. The van der Waals surface area contributed by atoms with Gasteiger partial charge in [0.15, 0.2) is 0 Å². The molecule has 0 aliphatic heterocycles. The van der Waals surface area contributed by atoms with Gasteiger partial charge in [0.05, 0.1) is 6.07 Å². The number of nitrogens with two attached hydrogens (primary N) is 1. The molecule has 0 saturated heterocycles. The molecule has 17 heavy (non-hydrogen) atoms. The first kappa shape index (κ1) is 13.4. The van der Waals surface area contributed by atoms with Crippen molar-refractivity contribution in [2.24, 2.45) is 0 Å². The Bertz CT molecular complexity index is 504. The molecule has 0 aliphatic rings. The van der Waals surface area contributed by atoms with E-state index in [2.05, 4.69) is 4.98 Å². The molecule has 6 nitrogen and oxygen atoms in total. The molecule has 0 spiro atoms. The van der Waals surface area contributed by atoms with Crippen molar-refractivity contribution in [3.63, 3.8) is 0 Å². The standard InChI is InChI=1S/C10H14N4O2S/c1-2-14(7-3-6-11)17(15,16)9-4-5-10(12)13-8-9/h4-5,8H,2-3,7H2,1H3,(H2,12,13). The Labute approximate surface area is 101 Å². The summed E-state index contributed by atoms with van der Waals surface area (Å²) in [5.41, 5.74) is 5.40. The van der Waals surface area contributed by atoms with Gasteiger partial charge in [-0.2, -0.15) is 9.57 Å². The van der Waals surface area contributed by atoms with Crippen LogP contribution in [0, 0.1) is 11.3 Å². The highest BCUT2D eigenvalue weighted by atomic mass is 32.2. The number of nitrogen functional groups attached to an aromatic ring is 1. The van der Waals surface area contributed by atoms with Crippen LogP contribution in [0.15, 0.2) is 23.2 Å². The summed E-state index contributed by atoms with van der Waals surface area (Å²) in [6.45, 7) is 2.22. The molecule has 0 bridgehead atoms. The zero-order chi connectivity index (χ0) is 12.9. The molecule has 1 rings (SSSR count). The molecule has 0 aromatic carbocycles. The molecule has 0 unspecified atom stereocenters. The Kier molecular flexibility index (Phi) is 4.43. The smallest absolute Gasteiger partial charge is 0.244 e. The van der Waals surface area contributed by atoms with Gasteiger partial charge in [0.25, 0.3) is 0 Å². The predicted molar refractivity (Wildman–Crippen MR) is 63.3 cm³/mol. The van der Waals surface area contributed by atoms with Crippen molar-refractivity contribution >= 4 is 15.8 Å². The van der Waals surface area contributed by atoms with Gasteiger partial charge in [-0.3, -0.25) is 0 Å². The predicted octanol–water partition coefficient (Wildman–Crippen LogP) is 0.588. The topological polar surface area (TPSA) is 100 Å². The summed E-state index contributed by atoms with van der Waals surface area (Å²) in [6, 6.07) is 4.77. The third-order valence-electron chi connectivity index (χ3n) is 2.22. The van der Waals surface area contributed by atoms with Crippen LogP contribution in [0.25, 0.3) is 0 Å². The molecule has 0 saturated carbocycles. The Morgan fingerprint density at radius 3 is 2.71 bits per heavy atom. The number of anilines is 1. The Balaban J connectivity index is 3.00. The van der Waals surface area contributed by atoms with Crippen LogP contribution in [0.3, 0.4) is 0 Å². The van der Waals surface area contributed by atoms with E-state index >= 15 is 0 Å². The number of nitrogens with zero attached hydrogens (tertiary/aromatic N) is 3. The van der Waals surface area contributed by atoms with Crippen molar-refractivity contribution in [2.75, 3.05) is 18.8 Å². The third-order valence-corrected chi connectivity index (χ3v) is 4.18. The summed E-state index contributed by atoms with van der Waals surface area (Å²) in [7, 11) is -3.58. The summed E-state index contributed by atoms with van der Waals surface area (Å²) in [4.78, 5) is 3.84. The van der Waals surface area contributed by atoms with Crippen LogP contribution in [0.2, 0.25) is 0 Å². The van der Waals surface area contributed by atoms with E-state index < -0.39 is 10.0 Å². The number of pyridine rings is 1. The maximum atomic E-state index is 12.1. The third kappa shape index (κ3) is 3.15.